The predicted molar refractivity (Wildman–Crippen MR) is 75.2 cm³/mol. The Morgan fingerprint density at radius 3 is 1.84 bits per heavy atom. The molecule has 0 heterocycles. The van der Waals surface area contributed by atoms with Crippen LogP contribution in [-0.4, -0.2) is 22.2 Å². The average molecular weight is 272 g/mol. The molecule has 0 rings (SSSR count). The molecule has 0 saturated heterocycles. The summed E-state index contributed by atoms with van der Waals surface area (Å²) in [5.74, 6) is -0.394. The van der Waals surface area contributed by atoms with Crippen LogP contribution in [0.15, 0.2) is 0 Å². The number of carboxylic acid groups (broad SMARTS) is 2. The molecule has 0 aromatic heterocycles. The summed E-state index contributed by atoms with van der Waals surface area (Å²) in [7, 11) is 0. The molecule has 2 N–H and O–H groups in total. The number of aliphatic carboxylic acids is 2. The maximum absolute atomic E-state index is 10.6. The first-order valence-electron chi connectivity index (χ1n) is 7.37. The standard InChI is InChI=1S/C15H28O4/c1-12(2)13(10-11-15(18)19)8-6-4-3-5-7-9-14(16)17/h12-13H,3-11H2,1-2H3,(H,16,17)(H,18,19). The highest BCUT2D eigenvalue weighted by Crippen LogP contribution is 2.24. The van der Waals surface area contributed by atoms with Crippen molar-refractivity contribution in [2.24, 2.45) is 11.8 Å². The van der Waals surface area contributed by atoms with Crippen LogP contribution in [0.5, 0.6) is 0 Å². The third-order valence-corrected chi connectivity index (χ3v) is 3.64. The van der Waals surface area contributed by atoms with Crippen molar-refractivity contribution >= 4 is 11.9 Å². The number of hydrogen-bond donors (Lipinski definition) is 2. The lowest BCUT2D eigenvalue weighted by Crippen LogP contribution is -2.11. The molecule has 0 fully saturated rings. The molecular weight excluding hydrogens is 244 g/mol. The van der Waals surface area contributed by atoms with Crippen molar-refractivity contribution in [2.75, 3.05) is 0 Å². The lowest BCUT2D eigenvalue weighted by Gasteiger charge is -2.19. The topological polar surface area (TPSA) is 74.6 Å². The van der Waals surface area contributed by atoms with E-state index in [0.29, 0.717) is 11.8 Å². The second-order valence-corrected chi connectivity index (χ2v) is 5.64. The molecule has 0 spiro atoms. The minimum absolute atomic E-state index is 0.265. The normalized spacial score (nSPS) is 12.6. The van der Waals surface area contributed by atoms with E-state index in [1.807, 2.05) is 0 Å². The molecule has 112 valence electrons. The van der Waals surface area contributed by atoms with Crippen molar-refractivity contribution in [1.29, 1.82) is 0 Å². The van der Waals surface area contributed by atoms with Crippen molar-refractivity contribution in [3.05, 3.63) is 0 Å². The van der Waals surface area contributed by atoms with Crippen LogP contribution in [0.2, 0.25) is 0 Å². The van der Waals surface area contributed by atoms with E-state index in [1.165, 1.54) is 0 Å². The molecule has 0 aliphatic heterocycles. The van der Waals surface area contributed by atoms with Gasteiger partial charge in [0.1, 0.15) is 0 Å². The summed E-state index contributed by atoms with van der Waals surface area (Å²) < 4.78 is 0. The van der Waals surface area contributed by atoms with Crippen LogP contribution in [0, 0.1) is 11.8 Å². The monoisotopic (exact) mass is 272 g/mol. The fraction of sp³-hybridized carbons (Fsp3) is 0.867. The lowest BCUT2D eigenvalue weighted by atomic mass is 9.86. The summed E-state index contributed by atoms with van der Waals surface area (Å²) in [6.45, 7) is 4.30. The minimum atomic E-state index is -0.714. The number of carboxylic acids is 2. The van der Waals surface area contributed by atoms with Gasteiger partial charge in [0, 0.05) is 12.8 Å². The Kier molecular flexibility index (Phi) is 10.2. The SMILES string of the molecule is CC(C)C(CCCCCCCC(=O)O)CCC(=O)O. The van der Waals surface area contributed by atoms with Gasteiger partial charge in [0.05, 0.1) is 0 Å². The van der Waals surface area contributed by atoms with Gasteiger partial charge in [0.2, 0.25) is 0 Å². The number of carbonyl (C=O) groups is 2. The van der Waals surface area contributed by atoms with Gasteiger partial charge in [-0.25, -0.2) is 0 Å². The molecule has 0 radical (unpaired) electrons. The zero-order chi connectivity index (χ0) is 14.7. The van der Waals surface area contributed by atoms with Gasteiger partial charge in [0.15, 0.2) is 0 Å². The van der Waals surface area contributed by atoms with Gasteiger partial charge < -0.3 is 10.2 Å². The highest BCUT2D eigenvalue weighted by molar-refractivity contribution is 5.66. The molecule has 0 saturated carbocycles. The van der Waals surface area contributed by atoms with Gasteiger partial charge in [-0.3, -0.25) is 9.59 Å². The highest BCUT2D eigenvalue weighted by Gasteiger charge is 2.14. The fourth-order valence-corrected chi connectivity index (χ4v) is 2.33. The fourth-order valence-electron chi connectivity index (χ4n) is 2.33. The van der Waals surface area contributed by atoms with Crippen LogP contribution < -0.4 is 0 Å². The van der Waals surface area contributed by atoms with Crippen LogP contribution in [-0.2, 0) is 9.59 Å². The van der Waals surface area contributed by atoms with Gasteiger partial charge in [0.25, 0.3) is 0 Å². The second kappa shape index (κ2) is 10.8. The summed E-state index contributed by atoms with van der Waals surface area (Å²) in [5, 5.41) is 17.2. The quantitative estimate of drug-likeness (QED) is 0.528. The Morgan fingerprint density at radius 1 is 0.789 bits per heavy atom. The van der Waals surface area contributed by atoms with Crippen molar-refractivity contribution in [2.45, 2.75) is 71.6 Å². The van der Waals surface area contributed by atoms with E-state index >= 15 is 0 Å². The van der Waals surface area contributed by atoms with E-state index in [-0.39, 0.29) is 12.8 Å². The Bertz CT molecular complexity index is 261. The summed E-state index contributed by atoms with van der Waals surface area (Å²) in [6, 6.07) is 0. The van der Waals surface area contributed by atoms with Crippen LogP contribution in [0.3, 0.4) is 0 Å². The van der Waals surface area contributed by atoms with E-state index in [0.717, 1.165) is 44.9 Å². The second-order valence-electron chi connectivity index (χ2n) is 5.64. The Morgan fingerprint density at radius 2 is 1.32 bits per heavy atom. The Labute approximate surface area is 116 Å². The van der Waals surface area contributed by atoms with E-state index in [9.17, 15) is 9.59 Å². The summed E-state index contributed by atoms with van der Waals surface area (Å²) in [6.07, 6.45) is 7.46. The van der Waals surface area contributed by atoms with E-state index in [4.69, 9.17) is 10.2 Å². The molecule has 1 unspecified atom stereocenters. The van der Waals surface area contributed by atoms with Crippen LogP contribution >= 0.6 is 0 Å². The minimum Gasteiger partial charge on any atom is -0.481 e. The molecule has 19 heavy (non-hydrogen) atoms. The summed E-state index contributed by atoms with van der Waals surface area (Å²) >= 11 is 0. The number of hydrogen-bond acceptors (Lipinski definition) is 2. The first kappa shape index (κ1) is 17.9. The smallest absolute Gasteiger partial charge is 0.303 e. The molecule has 0 aromatic rings. The highest BCUT2D eigenvalue weighted by atomic mass is 16.4. The molecule has 0 aliphatic carbocycles. The van der Waals surface area contributed by atoms with Crippen molar-refractivity contribution in [3.63, 3.8) is 0 Å². The lowest BCUT2D eigenvalue weighted by molar-refractivity contribution is -0.138. The molecule has 0 aliphatic rings. The maximum atomic E-state index is 10.6. The third kappa shape index (κ3) is 11.7. The van der Waals surface area contributed by atoms with E-state index in [1.54, 1.807) is 0 Å². The molecule has 4 nitrogen and oxygen atoms in total. The van der Waals surface area contributed by atoms with E-state index < -0.39 is 11.9 Å². The van der Waals surface area contributed by atoms with Gasteiger partial charge in [-0.05, 0) is 24.7 Å². The summed E-state index contributed by atoms with van der Waals surface area (Å²) in [5.41, 5.74) is 0. The van der Waals surface area contributed by atoms with Gasteiger partial charge >= 0.3 is 11.9 Å². The number of rotatable bonds is 12. The zero-order valence-electron chi connectivity index (χ0n) is 12.2. The zero-order valence-corrected chi connectivity index (χ0v) is 12.2. The average Bonchev–Trinajstić information content (AvgIpc) is 2.30. The van der Waals surface area contributed by atoms with Crippen LogP contribution in [0.1, 0.15) is 71.6 Å². The van der Waals surface area contributed by atoms with Gasteiger partial charge in [-0.15, -0.1) is 0 Å². The molecule has 1 atom stereocenters. The Balaban J connectivity index is 3.58. The van der Waals surface area contributed by atoms with E-state index in [2.05, 4.69) is 13.8 Å². The molecular formula is C15H28O4. The molecule has 0 amide bonds. The van der Waals surface area contributed by atoms with Crippen molar-refractivity contribution in [3.8, 4) is 0 Å². The largest absolute Gasteiger partial charge is 0.481 e. The van der Waals surface area contributed by atoms with Gasteiger partial charge in [-0.1, -0.05) is 46.0 Å². The predicted octanol–water partition coefficient (Wildman–Crippen LogP) is 3.94. The van der Waals surface area contributed by atoms with Crippen LogP contribution in [0.4, 0.5) is 0 Å². The van der Waals surface area contributed by atoms with Crippen molar-refractivity contribution in [1.82, 2.24) is 0 Å². The summed E-state index contributed by atoms with van der Waals surface area (Å²) in [4.78, 5) is 20.9. The number of unbranched alkanes of at least 4 members (excludes halogenated alkanes) is 4. The first-order chi connectivity index (χ1) is 8.93. The molecule has 0 aromatic carbocycles. The maximum Gasteiger partial charge on any atom is 0.303 e. The first-order valence-corrected chi connectivity index (χ1v) is 7.37. The van der Waals surface area contributed by atoms with Crippen LogP contribution in [0.25, 0.3) is 0 Å². The third-order valence-electron chi connectivity index (χ3n) is 3.64. The Hall–Kier alpha value is -1.06. The molecule has 4 heteroatoms. The molecule has 0 bridgehead atoms. The van der Waals surface area contributed by atoms with Gasteiger partial charge in [-0.2, -0.15) is 0 Å². The van der Waals surface area contributed by atoms with Crippen molar-refractivity contribution < 1.29 is 19.8 Å².